The molecule has 1 N–H and O–H groups in total. The van der Waals surface area contributed by atoms with E-state index >= 15 is 0 Å². The molecule has 0 heterocycles. The van der Waals surface area contributed by atoms with Crippen LogP contribution in [0, 0.1) is 0 Å². The highest BCUT2D eigenvalue weighted by atomic mass is 16.6. The smallest absolute Gasteiger partial charge is 0.330 e. The molecule has 0 rings (SSSR count). The summed E-state index contributed by atoms with van der Waals surface area (Å²) in [4.78, 5) is 21.4. The van der Waals surface area contributed by atoms with Crippen LogP contribution in [0.4, 0.5) is 0 Å². The number of amides is 1. The van der Waals surface area contributed by atoms with Crippen molar-refractivity contribution in [3.63, 3.8) is 0 Å². The molecule has 0 aromatic rings. The van der Waals surface area contributed by atoms with E-state index in [0.29, 0.717) is 33.0 Å². The average molecular weight is 257 g/mol. The molecule has 0 aromatic carbocycles. The first-order chi connectivity index (χ1) is 8.70. The highest BCUT2D eigenvalue weighted by Crippen LogP contribution is 1.82. The van der Waals surface area contributed by atoms with Crippen LogP contribution in [0.2, 0.25) is 0 Å². The standard InChI is InChI=1S/C12H19NO5/c1-3-11(14)13-5-6-16-7-8-17-9-10-18-12(15)4-2/h3-4H,1-2,5-10H2,(H,13,14). The van der Waals surface area contributed by atoms with Crippen molar-refractivity contribution in [3.05, 3.63) is 25.3 Å². The quantitative estimate of drug-likeness (QED) is 0.322. The molecule has 0 fully saturated rings. The van der Waals surface area contributed by atoms with Gasteiger partial charge in [0.1, 0.15) is 6.61 Å². The van der Waals surface area contributed by atoms with Gasteiger partial charge in [0.2, 0.25) is 5.91 Å². The second-order valence-electron chi connectivity index (χ2n) is 3.09. The van der Waals surface area contributed by atoms with Gasteiger partial charge in [-0.25, -0.2) is 4.79 Å². The minimum absolute atomic E-state index is 0.195. The molecule has 0 saturated carbocycles. The lowest BCUT2D eigenvalue weighted by molar-refractivity contribution is -0.139. The summed E-state index contributed by atoms with van der Waals surface area (Å²) in [5, 5.41) is 2.57. The van der Waals surface area contributed by atoms with Crippen LogP contribution in [-0.2, 0) is 23.8 Å². The maximum absolute atomic E-state index is 10.7. The van der Waals surface area contributed by atoms with Crippen LogP contribution in [0.1, 0.15) is 0 Å². The van der Waals surface area contributed by atoms with E-state index in [1.165, 1.54) is 6.08 Å². The average Bonchev–Trinajstić information content (AvgIpc) is 2.40. The van der Waals surface area contributed by atoms with Crippen molar-refractivity contribution in [1.82, 2.24) is 5.32 Å². The molecule has 0 aliphatic heterocycles. The van der Waals surface area contributed by atoms with Gasteiger partial charge in [0.25, 0.3) is 0 Å². The van der Waals surface area contributed by atoms with E-state index in [1.54, 1.807) is 0 Å². The van der Waals surface area contributed by atoms with E-state index in [9.17, 15) is 9.59 Å². The molecule has 18 heavy (non-hydrogen) atoms. The van der Waals surface area contributed by atoms with Crippen molar-refractivity contribution in [2.45, 2.75) is 0 Å². The SMILES string of the molecule is C=CC(=O)NCCOCCOCCOC(=O)C=C. The minimum atomic E-state index is -0.465. The summed E-state index contributed by atoms with van der Waals surface area (Å²) in [6.07, 6.45) is 2.30. The van der Waals surface area contributed by atoms with E-state index in [2.05, 4.69) is 18.5 Å². The lowest BCUT2D eigenvalue weighted by Gasteiger charge is -2.06. The number of ether oxygens (including phenoxy) is 3. The molecular formula is C12H19NO5. The van der Waals surface area contributed by atoms with Crippen LogP contribution in [0.5, 0.6) is 0 Å². The van der Waals surface area contributed by atoms with Gasteiger partial charge in [-0.1, -0.05) is 13.2 Å². The van der Waals surface area contributed by atoms with Crippen molar-refractivity contribution < 1.29 is 23.8 Å². The van der Waals surface area contributed by atoms with Crippen molar-refractivity contribution in [3.8, 4) is 0 Å². The zero-order chi connectivity index (χ0) is 13.6. The number of carbonyl (C=O) groups is 2. The van der Waals surface area contributed by atoms with Crippen LogP contribution in [0.3, 0.4) is 0 Å². The monoisotopic (exact) mass is 257 g/mol. The van der Waals surface area contributed by atoms with Gasteiger partial charge in [0.05, 0.1) is 26.4 Å². The fourth-order valence-corrected chi connectivity index (χ4v) is 0.901. The Hall–Kier alpha value is -1.66. The Kier molecular flexibility index (Phi) is 10.7. The first-order valence-corrected chi connectivity index (χ1v) is 5.55. The number of nitrogens with one attached hydrogen (secondary N) is 1. The first-order valence-electron chi connectivity index (χ1n) is 5.55. The summed E-state index contributed by atoms with van der Waals surface area (Å²) in [5.41, 5.74) is 0. The maximum atomic E-state index is 10.7. The highest BCUT2D eigenvalue weighted by Gasteiger charge is 1.95. The number of hydrogen-bond acceptors (Lipinski definition) is 5. The summed E-state index contributed by atoms with van der Waals surface area (Å²) in [7, 11) is 0. The summed E-state index contributed by atoms with van der Waals surface area (Å²) < 4.78 is 15.0. The van der Waals surface area contributed by atoms with Gasteiger partial charge >= 0.3 is 5.97 Å². The predicted molar refractivity (Wildman–Crippen MR) is 66.0 cm³/mol. The van der Waals surface area contributed by atoms with Gasteiger partial charge in [-0.2, -0.15) is 0 Å². The molecule has 0 unspecified atom stereocenters. The first kappa shape index (κ1) is 16.3. The third kappa shape index (κ3) is 10.8. The number of hydrogen-bond donors (Lipinski definition) is 1. The summed E-state index contributed by atoms with van der Waals surface area (Å²) in [6.45, 7) is 8.76. The molecule has 0 bridgehead atoms. The Balaban J connectivity index is 3.12. The van der Waals surface area contributed by atoms with Gasteiger partial charge in [0, 0.05) is 12.6 Å². The molecule has 0 aliphatic rings. The fraction of sp³-hybridized carbons (Fsp3) is 0.500. The largest absolute Gasteiger partial charge is 0.460 e. The Morgan fingerprint density at radius 3 is 2.17 bits per heavy atom. The Bertz CT molecular complexity index is 250. The summed E-state index contributed by atoms with van der Waals surface area (Å²) in [5.74, 6) is -0.688. The lowest BCUT2D eigenvalue weighted by atomic mass is 10.5. The van der Waals surface area contributed by atoms with Crippen LogP contribution in [-0.4, -0.2) is 51.5 Å². The Labute approximate surface area is 107 Å². The van der Waals surface area contributed by atoms with Crippen LogP contribution < -0.4 is 5.32 Å². The zero-order valence-electron chi connectivity index (χ0n) is 10.4. The highest BCUT2D eigenvalue weighted by molar-refractivity contribution is 5.86. The molecule has 102 valence electrons. The summed E-state index contributed by atoms with van der Waals surface area (Å²) >= 11 is 0. The van der Waals surface area contributed by atoms with E-state index in [0.717, 1.165) is 6.08 Å². The van der Waals surface area contributed by atoms with Gasteiger partial charge in [0.15, 0.2) is 0 Å². The molecule has 1 amide bonds. The summed E-state index contributed by atoms with van der Waals surface area (Å²) in [6, 6.07) is 0. The number of rotatable bonds is 11. The third-order valence-electron chi connectivity index (χ3n) is 1.74. The van der Waals surface area contributed by atoms with E-state index < -0.39 is 5.97 Å². The van der Waals surface area contributed by atoms with Crippen molar-refractivity contribution in [2.24, 2.45) is 0 Å². The number of esters is 1. The van der Waals surface area contributed by atoms with Crippen molar-refractivity contribution in [2.75, 3.05) is 39.6 Å². The molecule has 0 saturated heterocycles. The van der Waals surface area contributed by atoms with Gasteiger partial charge in [-0.15, -0.1) is 0 Å². The zero-order valence-corrected chi connectivity index (χ0v) is 10.4. The molecule has 6 nitrogen and oxygen atoms in total. The molecule has 0 aromatic heterocycles. The molecule has 0 radical (unpaired) electrons. The van der Waals surface area contributed by atoms with Gasteiger partial charge in [-0.05, 0) is 6.08 Å². The minimum Gasteiger partial charge on any atom is -0.460 e. The topological polar surface area (TPSA) is 73.9 Å². The third-order valence-corrected chi connectivity index (χ3v) is 1.74. The Morgan fingerprint density at radius 1 is 0.944 bits per heavy atom. The maximum Gasteiger partial charge on any atom is 0.330 e. The van der Waals surface area contributed by atoms with Gasteiger partial charge in [-0.3, -0.25) is 4.79 Å². The van der Waals surface area contributed by atoms with Crippen molar-refractivity contribution in [1.29, 1.82) is 0 Å². The van der Waals surface area contributed by atoms with E-state index in [1.807, 2.05) is 0 Å². The van der Waals surface area contributed by atoms with E-state index in [-0.39, 0.29) is 12.5 Å². The normalized spacial score (nSPS) is 9.56. The molecule has 6 heteroatoms. The molecule has 0 spiro atoms. The predicted octanol–water partition coefficient (Wildman–Crippen LogP) is 0.0510. The van der Waals surface area contributed by atoms with E-state index in [4.69, 9.17) is 14.2 Å². The molecular weight excluding hydrogens is 238 g/mol. The van der Waals surface area contributed by atoms with Crippen molar-refractivity contribution >= 4 is 11.9 Å². The van der Waals surface area contributed by atoms with Crippen LogP contribution in [0.25, 0.3) is 0 Å². The fourth-order valence-electron chi connectivity index (χ4n) is 0.901. The second kappa shape index (κ2) is 11.8. The lowest BCUT2D eigenvalue weighted by Crippen LogP contribution is -2.25. The van der Waals surface area contributed by atoms with Crippen LogP contribution >= 0.6 is 0 Å². The Morgan fingerprint density at radius 2 is 1.56 bits per heavy atom. The van der Waals surface area contributed by atoms with Gasteiger partial charge < -0.3 is 19.5 Å². The van der Waals surface area contributed by atoms with Crippen LogP contribution in [0.15, 0.2) is 25.3 Å². The second-order valence-corrected chi connectivity index (χ2v) is 3.09. The molecule has 0 aliphatic carbocycles. The molecule has 0 atom stereocenters. The number of carbonyl (C=O) groups excluding carboxylic acids is 2.